The zero-order chi connectivity index (χ0) is 48.2. The van der Waals surface area contributed by atoms with Crippen LogP contribution in [0.25, 0.3) is 0 Å². The molecule has 0 aliphatic heterocycles. The van der Waals surface area contributed by atoms with E-state index in [0.717, 1.165) is 76.0 Å². The number of hydrogen-bond acceptors (Lipinski definition) is 6. The fourth-order valence-electron chi connectivity index (χ4n) is 9.20. The summed E-state index contributed by atoms with van der Waals surface area (Å²) >= 11 is 0. The number of esters is 3. The molecular formula is C60H116O6. The van der Waals surface area contributed by atoms with E-state index >= 15 is 0 Å². The van der Waals surface area contributed by atoms with Gasteiger partial charge in [-0.25, -0.2) is 0 Å². The molecule has 0 aromatic carbocycles. The van der Waals surface area contributed by atoms with E-state index in [1.165, 1.54) is 218 Å². The van der Waals surface area contributed by atoms with Crippen molar-refractivity contribution in [3.63, 3.8) is 0 Å². The van der Waals surface area contributed by atoms with E-state index in [1.54, 1.807) is 0 Å². The predicted molar refractivity (Wildman–Crippen MR) is 284 cm³/mol. The molecule has 392 valence electrons. The summed E-state index contributed by atoms with van der Waals surface area (Å²) in [5, 5.41) is 0. The van der Waals surface area contributed by atoms with Crippen LogP contribution in [0.5, 0.6) is 0 Å². The van der Waals surface area contributed by atoms with Crippen molar-refractivity contribution in [1.82, 2.24) is 0 Å². The van der Waals surface area contributed by atoms with E-state index < -0.39 is 6.10 Å². The van der Waals surface area contributed by atoms with E-state index in [9.17, 15) is 14.4 Å². The van der Waals surface area contributed by atoms with Crippen LogP contribution in [0.1, 0.15) is 336 Å². The van der Waals surface area contributed by atoms with Gasteiger partial charge in [0.05, 0.1) is 0 Å². The molecule has 0 aliphatic carbocycles. The average Bonchev–Trinajstić information content (AvgIpc) is 3.30. The van der Waals surface area contributed by atoms with Gasteiger partial charge in [0.2, 0.25) is 0 Å². The molecule has 1 unspecified atom stereocenters. The molecule has 0 fully saturated rings. The maximum Gasteiger partial charge on any atom is 0.306 e. The molecule has 0 rings (SSSR count). The summed E-state index contributed by atoms with van der Waals surface area (Å²) in [4.78, 5) is 37.8. The fourth-order valence-corrected chi connectivity index (χ4v) is 9.20. The van der Waals surface area contributed by atoms with Gasteiger partial charge in [-0.05, 0) is 31.1 Å². The molecule has 0 amide bonds. The van der Waals surface area contributed by atoms with Crippen molar-refractivity contribution in [2.24, 2.45) is 11.8 Å². The standard InChI is InChI=1S/C60H116O6/c1-6-8-9-38-45-50-58(61)64-53-57(54-65-59(62)51-46-41-36-32-28-24-20-16-12-10-14-18-22-26-30-34-39-43-48-55(3)4)66-60(63)52-47-42-37-33-29-25-21-17-13-11-15-19-23-27-31-35-40-44-49-56(5)7-2/h55-57H,6-54H2,1-5H3/t56?,57-/m1/s1. The Hall–Kier alpha value is -1.59. The Balaban J connectivity index is 4.01. The van der Waals surface area contributed by atoms with Crippen LogP contribution in [0.4, 0.5) is 0 Å². The first-order valence-corrected chi connectivity index (χ1v) is 29.8. The normalized spacial score (nSPS) is 12.5. The van der Waals surface area contributed by atoms with E-state index in [-0.39, 0.29) is 31.1 Å². The molecule has 0 radical (unpaired) electrons. The number of rotatable bonds is 54. The fraction of sp³-hybridized carbons (Fsp3) is 0.950. The third kappa shape index (κ3) is 51.8. The van der Waals surface area contributed by atoms with Crippen molar-refractivity contribution in [1.29, 1.82) is 0 Å². The quantitative estimate of drug-likeness (QED) is 0.0343. The highest BCUT2D eigenvalue weighted by molar-refractivity contribution is 5.71. The van der Waals surface area contributed by atoms with Crippen LogP contribution < -0.4 is 0 Å². The van der Waals surface area contributed by atoms with Crippen molar-refractivity contribution in [2.45, 2.75) is 343 Å². The van der Waals surface area contributed by atoms with Gasteiger partial charge in [-0.3, -0.25) is 14.4 Å². The summed E-state index contributed by atoms with van der Waals surface area (Å²) in [6.07, 6.45) is 57.1. The number of ether oxygens (including phenoxy) is 3. The monoisotopic (exact) mass is 933 g/mol. The molecule has 0 saturated heterocycles. The van der Waals surface area contributed by atoms with Gasteiger partial charge in [-0.2, -0.15) is 0 Å². The summed E-state index contributed by atoms with van der Waals surface area (Å²) in [5.74, 6) is 0.915. The van der Waals surface area contributed by atoms with Crippen LogP contribution in [-0.2, 0) is 28.6 Å². The molecule has 0 aliphatic rings. The van der Waals surface area contributed by atoms with Gasteiger partial charge in [0.1, 0.15) is 13.2 Å². The van der Waals surface area contributed by atoms with Gasteiger partial charge < -0.3 is 14.2 Å². The first kappa shape index (κ1) is 64.4. The van der Waals surface area contributed by atoms with Gasteiger partial charge in [-0.1, -0.05) is 298 Å². The maximum absolute atomic E-state index is 12.8. The second-order valence-electron chi connectivity index (χ2n) is 21.4. The van der Waals surface area contributed by atoms with Crippen LogP contribution in [0, 0.1) is 11.8 Å². The van der Waals surface area contributed by atoms with Crippen LogP contribution in [0.15, 0.2) is 0 Å². The lowest BCUT2D eigenvalue weighted by Gasteiger charge is -2.18. The zero-order valence-corrected chi connectivity index (χ0v) is 45.3. The summed E-state index contributed by atoms with van der Waals surface area (Å²) in [5.41, 5.74) is 0. The Labute approximate surface area is 412 Å². The smallest absolute Gasteiger partial charge is 0.306 e. The molecule has 0 aromatic rings. The third-order valence-electron chi connectivity index (χ3n) is 14.1. The molecule has 0 saturated carbocycles. The average molecular weight is 934 g/mol. The molecular weight excluding hydrogens is 817 g/mol. The van der Waals surface area contributed by atoms with Crippen LogP contribution in [-0.4, -0.2) is 37.2 Å². The lowest BCUT2D eigenvalue weighted by atomic mass is 9.99. The molecule has 2 atom stereocenters. The molecule has 0 spiro atoms. The molecule has 0 N–H and O–H groups in total. The first-order valence-electron chi connectivity index (χ1n) is 29.8. The Morgan fingerprint density at radius 1 is 0.318 bits per heavy atom. The Morgan fingerprint density at radius 2 is 0.576 bits per heavy atom. The molecule has 0 aromatic heterocycles. The van der Waals surface area contributed by atoms with Crippen LogP contribution >= 0.6 is 0 Å². The van der Waals surface area contributed by atoms with Crippen molar-refractivity contribution < 1.29 is 28.6 Å². The van der Waals surface area contributed by atoms with Gasteiger partial charge >= 0.3 is 17.9 Å². The van der Waals surface area contributed by atoms with E-state index in [0.29, 0.717) is 19.3 Å². The summed E-state index contributed by atoms with van der Waals surface area (Å²) in [6.45, 7) is 11.4. The van der Waals surface area contributed by atoms with E-state index in [1.807, 2.05) is 0 Å². The lowest BCUT2D eigenvalue weighted by Crippen LogP contribution is -2.30. The number of carbonyl (C=O) groups excluding carboxylic acids is 3. The molecule has 6 nitrogen and oxygen atoms in total. The molecule has 6 heteroatoms. The van der Waals surface area contributed by atoms with Crippen molar-refractivity contribution >= 4 is 17.9 Å². The van der Waals surface area contributed by atoms with Gasteiger partial charge in [-0.15, -0.1) is 0 Å². The number of unbranched alkanes of at least 4 members (excludes halogenated alkanes) is 38. The largest absolute Gasteiger partial charge is 0.462 e. The minimum absolute atomic E-state index is 0.0636. The second kappa shape index (κ2) is 52.8. The molecule has 0 heterocycles. The number of carbonyl (C=O) groups is 3. The minimum Gasteiger partial charge on any atom is -0.462 e. The highest BCUT2D eigenvalue weighted by atomic mass is 16.6. The molecule has 0 bridgehead atoms. The molecule has 66 heavy (non-hydrogen) atoms. The van der Waals surface area contributed by atoms with Crippen molar-refractivity contribution in [2.75, 3.05) is 13.2 Å². The highest BCUT2D eigenvalue weighted by Crippen LogP contribution is 2.19. The highest BCUT2D eigenvalue weighted by Gasteiger charge is 2.19. The topological polar surface area (TPSA) is 78.9 Å². The minimum atomic E-state index is -0.760. The van der Waals surface area contributed by atoms with Crippen molar-refractivity contribution in [3.05, 3.63) is 0 Å². The second-order valence-corrected chi connectivity index (χ2v) is 21.4. The van der Waals surface area contributed by atoms with Crippen molar-refractivity contribution in [3.8, 4) is 0 Å². The lowest BCUT2D eigenvalue weighted by molar-refractivity contribution is -0.167. The number of hydrogen-bond donors (Lipinski definition) is 0. The van der Waals surface area contributed by atoms with Gasteiger partial charge in [0, 0.05) is 19.3 Å². The van der Waals surface area contributed by atoms with Crippen LogP contribution in [0.3, 0.4) is 0 Å². The maximum atomic E-state index is 12.8. The van der Waals surface area contributed by atoms with E-state index in [2.05, 4.69) is 34.6 Å². The Kier molecular flexibility index (Phi) is 51.5. The van der Waals surface area contributed by atoms with E-state index in [4.69, 9.17) is 14.2 Å². The SMILES string of the molecule is CCCCCCCC(=O)OC[C@H](COC(=O)CCCCCCCCCCCCCCCCCCCCC(C)C)OC(=O)CCCCCCCCCCCCCCCCCCCCC(C)CC. The van der Waals surface area contributed by atoms with Gasteiger partial charge in [0.15, 0.2) is 6.10 Å². The van der Waals surface area contributed by atoms with Gasteiger partial charge in [0.25, 0.3) is 0 Å². The Morgan fingerprint density at radius 3 is 0.864 bits per heavy atom. The van der Waals surface area contributed by atoms with Crippen LogP contribution in [0.2, 0.25) is 0 Å². The first-order chi connectivity index (χ1) is 32.3. The third-order valence-corrected chi connectivity index (χ3v) is 14.1. The summed E-state index contributed by atoms with van der Waals surface area (Å²) < 4.78 is 16.8. The zero-order valence-electron chi connectivity index (χ0n) is 45.3. The summed E-state index contributed by atoms with van der Waals surface area (Å²) in [7, 11) is 0. The summed E-state index contributed by atoms with van der Waals surface area (Å²) in [6, 6.07) is 0. The predicted octanol–water partition coefficient (Wildman–Crippen LogP) is 19.7. The Bertz CT molecular complexity index is 1010.